The predicted molar refractivity (Wildman–Crippen MR) is 54.6 cm³/mol. The Kier molecular flexibility index (Phi) is 2.17. The molecule has 0 aliphatic heterocycles. The van der Waals surface area contributed by atoms with E-state index in [1.807, 2.05) is 0 Å². The summed E-state index contributed by atoms with van der Waals surface area (Å²) in [6.45, 7) is 0.347. The fourth-order valence-electron chi connectivity index (χ4n) is 1.55. The van der Waals surface area contributed by atoms with Gasteiger partial charge in [0.2, 0.25) is 5.89 Å². The lowest BCUT2D eigenvalue weighted by Gasteiger charge is -1.93. The molecule has 17 heavy (non-hydrogen) atoms. The zero-order valence-electron chi connectivity index (χ0n) is 8.91. The molecule has 1 fully saturated rings. The molecule has 1 aliphatic rings. The van der Waals surface area contributed by atoms with Crippen LogP contribution in [0.3, 0.4) is 0 Å². The van der Waals surface area contributed by atoms with Gasteiger partial charge >= 0.3 is 5.97 Å². The molecule has 0 radical (unpaired) electrons. The van der Waals surface area contributed by atoms with E-state index >= 15 is 0 Å². The Morgan fingerprint density at radius 2 is 2.41 bits per heavy atom. The van der Waals surface area contributed by atoms with E-state index in [-0.39, 0.29) is 5.69 Å². The summed E-state index contributed by atoms with van der Waals surface area (Å²) < 4.78 is 6.69. The molecule has 0 aromatic carbocycles. The van der Waals surface area contributed by atoms with E-state index in [9.17, 15) is 4.79 Å². The first-order chi connectivity index (χ1) is 8.22. The van der Waals surface area contributed by atoms with E-state index in [1.165, 1.54) is 12.5 Å². The summed E-state index contributed by atoms with van der Waals surface area (Å²) in [5, 5.41) is 12.6. The van der Waals surface area contributed by atoms with Gasteiger partial charge in [-0.15, -0.1) is 0 Å². The molecule has 1 aliphatic carbocycles. The van der Waals surface area contributed by atoms with Crippen molar-refractivity contribution in [2.24, 2.45) is 0 Å². The van der Waals surface area contributed by atoms with E-state index in [0.717, 1.165) is 18.7 Å². The smallest absolute Gasteiger partial charge is 0.356 e. The fraction of sp³-hybridized carbons (Fsp3) is 0.400. The number of hydrogen-bond acceptors (Lipinski definition) is 5. The first-order valence-electron chi connectivity index (χ1n) is 5.30. The van der Waals surface area contributed by atoms with Crippen LogP contribution in [0.15, 0.2) is 17.0 Å². The minimum Gasteiger partial charge on any atom is -0.476 e. The van der Waals surface area contributed by atoms with Gasteiger partial charge in [0.25, 0.3) is 0 Å². The van der Waals surface area contributed by atoms with Crippen molar-refractivity contribution in [3.8, 4) is 0 Å². The molecular weight excluding hydrogens is 224 g/mol. The van der Waals surface area contributed by atoms with Crippen LogP contribution in [0.4, 0.5) is 0 Å². The molecule has 0 spiro atoms. The van der Waals surface area contributed by atoms with Crippen molar-refractivity contribution >= 4 is 5.97 Å². The molecule has 0 amide bonds. The summed E-state index contributed by atoms with van der Waals surface area (Å²) in [6, 6.07) is 0. The highest BCUT2D eigenvalue weighted by Gasteiger charge is 2.28. The molecular formula is C10H10N4O3. The summed E-state index contributed by atoms with van der Waals surface area (Å²) >= 11 is 0. The molecule has 2 aromatic heterocycles. The summed E-state index contributed by atoms with van der Waals surface area (Å²) in [5.41, 5.74) is 0.00642. The molecule has 3 rings (SSSR count). The monoisotopic (exact) mass is 234 g/mol. The van der Waals surface area contributed by atoms with E-state index in [1.54, 1.807) is 4.57 Å². The second kappa shape index (κ2) is 3.69. The van der Waals surface area contributed by atoms with E-state index in [2.05, 4.69) is 15.1 Å². The maximum Gasteiger partial charge on any atom is 0.356 e. The van der Waals surface area contributed by atoms with Crippen LogP contribution in [0.2, 0.25) is 0 Å². The maximum absolute atomic E-state index is 10.6. The Bertz CT molecular complexity index is 555. The summed E-state index contributed by atoms with van der Waals surface area (Å²) in [7, 11) is 0. The van der Waals surface area contributed by atoms with Crippen LogP contribution >= 0.6 is 0 Å². The normalized spacial score (nSPS) is 15.1. The number of nitrogens with zero attached hydrogens (tertiary/aromatic N) is 4. The van der Waals surface area contributed by atoms with Gasteiger partial charge in [-0.1, -0.05) is 5.16 Å². The molecule has 0 saturated heterocycles. The lowest BCUT2D eigenvalue weighted by Crippen LogP contribution is -1.98. The Balaban J connectivity index is 1.73. The zero-order chi connectivity index (χ0) is 11.8. The highest BCUT2D eigenvalue weighted by Crippen LogP contribution is 2.38. The summed E-state index contributed by atoms with van der Waals surface area (Å²) in [4.78, 5) is 18.6. The molecule has 1 saturated carbocycles. The van der Waals surface area contributed by atoms with Gasteiger partial charge in [-0.2, -0.15) is 4.98 Å². The lowest BCUT2D eigenvalue weighted by molar-refractivity contribution is 0.0691. The highest BCUT2D eigenvalue weighted by molar-refractivity contribution is 5.84. The SMILES string of the molecule is O=C(O)c1cn(Cc2nc(C3CC3)no2)cn1. The highest BCUT2D eigenvalue weighted by atomic mass is 16.5. The van der Waals surface area contributed by atoms with E-state index in [0.29, 0.717) is 18.4 Å². The van der Waals surface area contributed by atoms with Crippen LogP contribution in [-0.4, -0.2) is 30.8 Å². The standard InChI is InChI=1S/C10H10N4O3/c15-10(16)7-3-14(5-11-7)4-8-12-9(13-17-8)6-1-2-6/h3,5-6H,1-2,4H2,(H,15,16). The minimum absolute atomic E-state index is 0.00642. The molecule has 1 N–H and O–H groups in total. The van der Waals surface area contributed by atoms with Gasteiger partial charge in [-0.05, 0) is 12.8 Å². The number of rotatable bonds is 4. The van der Waals surface area contributed by atoms with Gasteiger partial charge in [0.05, 0.1) is 6.33 Å². The van der Waals surface area contributed by atoms with Crippen LogP contribution in [0.25, 0.3) is 0 Å². The molecule has 0 bridgehead atoms. The molecule has 2 heterocycles. The third-order valence-electron chi connectivity index (χ3n) is 2.60. The third kappa shape index (κ3) is 2.03. The second-order valence-corrected chi connectivity index (χ2v) is 4.06. The van der Waals surface area contributed by atoms with Crippen molar-refractivity contribution in [2.75, 3.05) is 0 Å². The summed E-state index contributed by atoms with van der Waals surface area (Å²) in [6.07, 6.45) is 5.11. The van der Waals surface area contributed by atoms with Gasteiger partial charge in [0, 0.05) is 12.1 Å². The molecule has 2 aromatic rings. The second-order valence-electron chi connectivity index (χ2n) is 4.06. The van der Waals surface area contributed by atoms with Gasteiger partial charge in [0.1, 0.15) is 6.54 Å². The van der Waals surface area contributed by atoms with Crippen molar-refractivity contribution in [2.45, 2.75) is 25.3 Å². The van der Waals surface area contributed by atoms with E-state index < -0.39 is 5.97 Å². The topological polar surface area (TPSA) is 94.0 Å². The predicted octanol–water partition coefficient (Wildman–Crippen LogP) is 0.890. The minimum atomic E-state index is -1.05. The number of carboxylic acid groups (broad SMARTS) is 1. The number of carboxylic acids is 1. The van der Waals surface area contributed by atoms with Crippen molar-refractivity contribution in [3.63, 3.8) is 0 Å². The third-order valence-corrected chi connectivity index (χ3v) is 2.60. The van der Waals surface area contributed by atoms with Gasteiger partial charge in [-0.25, -0.2) is 9.78 Å². The Labute approximate surface area is 96.1 Å². The summed E-state index contributed by atoms with van der Waals surface area (Å²) in [5.74, 6) is 0.623. The molecule has 7 nitrogen and oxygen atoms in total. The molecule has 88 valence electrons. The van der Waals surface area contributed by atoms with Crippen LogP contribution in [-0.2, 0) is 6.54 Å². The zero-order valence-corrected chi connectivity index (χ0v) is 8.91. The molecule has 0 atom stereocenters. The number of hydrogen-bond donors (Lipinski definition) is 1. The van der Waals surface area contributed by atoms with Crippen molar-refractivity contribution in [1.29, 1.82) is 0 Å². The van der Waals surface area contributed by atoms with Crippen molar-refractivity contribution in [3.05, 3.63) is 29.9 Å². The Morgan fingerprint density at radius 1 is 1.59 bits per heavy atom. The Hall–Kier alpha value is -2.18. The maximum atomic E-state index is 10.6. The number of aromatic nitrogens is 4. The van der Waals surface area contributed by atoms with Gasteiger partial charge < -0.3 is 14.2 Å². The Morgan fingerprint density at radius 3 is 3.06 bits per heavy atom. The van der Waals surface area contributed by atoms with Gasteiger partial charge in [0.15, 0.2) is 11.5 Å². The quantitative estimate of drug-likeness (QED) is 0.844. The van der Waals surface area contributed by atoms with Crippen LogP contribution in [0, 0.1) is 0 Å². The molecule has 0 unspecified atom stereocenters. The van der Waals surface area contributed by atoms with E-state index in [4.69, 9.17) is 9.63 Å². The van der Waals surface area contributed by atoms with Gasteiger partial charge in [-0.3, -0.25) is 0 Å². The van der Waals surface area contributed by atoms with Crippen LogP contribution in [0.5, 0.6) is 0 Å². The number of carbonyl (C=O) groups is 1. The fourth-order valence-corrected chi connectivity index (χ4v) is 1.55. The largest absolute Gasteiger partial charge is 0.476 e. The first kappa shape index (κ1) is 10.0. The number of imidazole rings is 1. The van der Waals surface area contributed by atoms with Crippen molar-refractivity contribution in [1.82, 2.24) is 19.7 Å². The molecule has 7 heteroatoms. The van der Waals surface area contributed by atoms with Crippen molar-refractivity contribution < 1.29 is 14.4 Å². The first-order valence-corrected chi connectivity index (χ1v) is 5.30. The van der Waals surface area contributed by atoms with Crippen LogP contribution < -0.4 is 0 Å². The lowest BCUT2D eigenvalue weighted by atomic mass is 10.4. The average molecular weight is 234 g/mol. The number of aromatic carboxylic acids is 1. The average Bonchev–Trinajstić information content (AvgIpc) is 2.87. The van der Waals surface area contributed by atoms with Crippen LogP contribution in [0.1, 0.15) is 41.0 Å².